The van der Waals surface area contributed by atoms with Gasteiger partial charge in [0.15, 0.2) is 23.4 Å². The van der Waals surface area contributed by atoms with Crippen molar-refractivity contribution in [2.24, 2.45) is 0 Å². The van der Waals surface area contributed by atoms with Gasteiger partial charge in [0.05, 0.1) is 26.9 Å². The van der Waals surface area contributed by atoms with E-state index in [1.807, 2.05) is 0 Å². The van der Waals surface area contributed by atoms with Crippen LogP contribution in [0.1, 0.15) is 22.8 Å². The van der Waals surface area contributed by atoms with Gasteiger partial charge in [-0.05, 0) is 31.2 Å². The summed E-state index contributed by atoms with van der Waals surface area (Å²) < 4.78 is 26.6. The summed E-state index contributed by atoms with van der Waals surface area (Å²) in [5.41, 5.74) is 1.06. The summed E-state index contributed by atoms with van der Waals surface area (Å²) in [6.45, 7) is 1.57. The fourth-order valence-electron chi connectivity index (χ4n) is 2.83. The third-order valence-electron chi connectivity index (χ3n) is 4.21. The Hall–Kier alpha value is -3.48. The van der Waals surface area contributed by atoms with Crippen molar-refractivity contribution in [1.29, 1.82) is 0 Å². The molecule has 0 bridgehead atoms. The minimum absolute atomic E-state index is 0.153. The maximum atomic E-state index is 12.7. The van der Waals surface area contributed by atoms with Gasteiger partial charge in [-0.2, -0.15) is 0 Å². The zero-order valence-corrected chi connectivity index (χ0v) is 16.0. The third-order valence-corrected chi connectivity index (χ3v) is 4.21. The number of allylic oxidation sites excluding steroid dienone is 1. The number of carbonyl (C=O) groups is 2. The van der Waals surface area contributed by atoms with Crippen LogP contribution in [-0.4, -0.2) is 39.2 Å². The number of methoxy groups -OCH3 is 3. The highest BCUT2D eigenvalue weighted by Gasteiger charge is 2.29. The van der Waals surface area contributed by atoms with Gasteiger partial charge < -0.3 is 23.7 Å². The highest BCUT2D eigenvalue weighted by atomic mass is 16.6. The average molecular weight is 384 g/mol. The Morgan fingerprint density at radius 2 is 1.89 bits per heavy atom. The van der Waals surface area contributed by atoms with Crippen LogP contribution in [-0.2, 0) is 9.53 Å². The van der Waals surface area contributed by atoms with E-state index in [0.717, 1.165) is 0 Å². The molecule has 1 aliphatic rings. The Kier molecular flexibility index (Phi) is 5.54. The number of carbonyl (C=O) groups excluding carboxylic acids is 2. The average Bonchev–Trinajstić information content (AvgIpc) is 3.01. The lowest BCUT2D eigenvalue weighted by atomic mass is 10.1. The Balaban J connectivity index is 1.88. The molecule has 0 fully saturated rings. The molecular weight excluding hydrogens is 364 g/mol. The molecule has 1 heterocycles. The highest BCUT2D eigenvalue weighted by molar-refractivity contribution is 6.14. The quantitative estimate of drug-likeness (QED) is 0.559. The molecule has 2 aromatic rings. The second-order valence-electron chi connectivity index (χ2n) is 5.96. The molecule has 0 aliphatic carbocycles. The van der Waals surface area contributed by atoms with E-state index in [2.05, 4.69) is 4.74 Å². The standard InChI is InChI=1S/C21H20O7/c1-12(21(23)26-4)27-14-8-9-15-17(11-14)28-18(19(15)22)10-13-6-5-7-16(24-2)20(13)25-3/h5-12H,1-4H3/t12-/m1/s1. The van der Waals surface area contributed by atoms with Crippen molar-refractivity contribution in [2.75, 3.05) is 21.3 Å². The molecule has 28 heavy (non-hydrogen) atoms. The molecule has 0 saturated carbocycles. The molecule has 146 valence electrons. The van der Waals surface area contributed by atoms with Crippen molar-refractivity contribution in [3.63, 3.8) is 0 Å². The van der Waals surface area contributed by atoms with Gasteiger partial charge in [-0.25, -0.2) is 4.79 Å². The zero-order valence-electron chi connectivity index (χ0n) is 16.0. The molecule has 0 aromatic heterocycles. The van der Waals surface area contributed by atoms with Gasteiger partial charge in [0.25, 0.3) is 0 Å². The van der Waals surface area contributed by atoms with Crippen LogP contribution in [0.5, 0.6) is 23.0 Å². The number of para-hydroxylation sites is 1. The summed E-state index contributed by atoms with van der Waals surface area (Å²) >= 11 is 0. The van der Waals surface area contributed by atoms with Crippen molar-refractivity contribution in [1.82, 2.24) is 0 Å². The minimum atomic E-state index is -0.781. The van der Waals surface area contributed by atoms with Gasteiger partial charge in [-0.15, -0.1) is 0 Å². The van der Waals surface area contributed by atoms with E-state index in [9.17, 15) is 9.59 Å². The Bertz CT molecular complexity index is 946. The first-order valence-electron chi connectivity index (χ1n) is 8.52. The maximum Gasteiger partial charge on any atom is 0.346 e. The molecule has 0 spiro atoms. The van der Waals surface area contributed by atoms with Crippen LogP contribution in [0, 0.1) is 0 Å². The van der Waals surface area contributed by atoms with E-state index in [-0.39, 0.29) is 11.5 Å². The van der Waals surface area contributed by atoms with Crippen molar-refractivity contribution in [2.45, 2.75) is 13.0 Å². The predicted molar refractivity (Wildman–Crippen MR) is 101 cm³/mol. The molecule has 7 nitrogen and oxygen atoms in total. The van der Waals surface area contributed by atoms with Crippen molar-refractivity contribution in [3.05, 3.63) is 53.3 Å². The Morgan fingerprint density at radius 1 is 1.11 bits per heavy atom. The summed E-state index contributed by atoms with van der Waals surface area (Å²) in [4.78, 5) is 24.2. The molecule has 0 radical (unpaired) electrons. The van der Waals surface area contributed by atoms with Crippen LogP contribution in [0.2, 0.25) is 0 Å². The van der Waals surface area contributed by atoms with Gasteiger partial charge in [0, 0.05) is 11.6 Å². The second-order valence-corrected chi connectivity index (χ2v) is 5.96. The molecule has 1 aliphatic heterocycles. The van der Waals surface area contributed by atoms with Gasteiger partial charge >= 0.3 is 5.97 Å². The second kappa shape index (κ2) is 8.04. The summed E-state index contributed by atoms with van der Waals surface area (Å²) in [6, 6.07) is 10.1. The Labute approximate surface area is 162 Å². The molecule has 1 atom stereocenters. The number of fused-ring (bicyclic) bond motifs is 1. The summed E-state index contributed by atoms with van der Waals surface area (Å²) in [7, 11) is 4.35. The normalized spacial score (nSPS) is 14.9. The smallest absolute Gasteiger partial charge is 0.346 e. The molecule has 3 rings (SSSR count). The molecule has 0 amide bonds. The maximum absolute atomic E-state index is 12.7. The molecule has 0 N–H and O–H groups in total. The molecule has 2 aromatic carbocycles. The van der Waals surface area contributed by atoms with Gasteiger partial charge in [-0.3, -0.25) is 4.79 Å². The van der Waals surface area contributed by atoms with Crippen LogP contribution >= 0.6 is 0 Å². The monoisotopic (exact) mass is 384 g/mol. The third kappa shape index (κ3) is 3.64. The van der Waals surface area contributed by atoms with Gasteiger partial charge in [0.2, 0.25) is 5.78 Å². The first-order chi connectivity index (χ1) is 13.5. The lowest BCUT2D eigenvalue weighted by Crippen LogP contribution is -2.24. The first-order valence-corrected chi connectivity index (χ1v) is 8.52. The number of benzene rings is 2. The number of rotatable bonds is 6. The van der Waals surface area contributed by atoms with E-state index >= 15 is 0 Å². The largest absolute Gasteiger partial charge is 0.493 e. The van der Waals surface area contributed by atoms with E-state index in [4.69, 9.17) is 18.9 Å². The lowest BCUT2D eigenvalue weighted by molar-refractivity contribution is -0.147. The first kappa shape index (κ1) is 19.3. The molecule has 0 unspecified atom stereocenters. The van der Waals surface area contributed by atoms with Crippen LogP contribution in [0.15, 0.2) is 42.2 Å². The number of Topliss-reactive ketones (excluding diaryl/α,β-unsaturated/α-hetero) is 1. The summed E-state index contributed by atoms with van der Waals surface area (Å²) in [5.74, 6) is 1.20. The van der Waals surface area contributed by atoms with Crippen LogP contribution in [0.25, 0.3) is 6.08 Å². The van der Waals surface area contributed by atoms with Gasteiger partial charge in [-0.1, -0.05) is 12.1 Å². The molecule has 0 saturated heterocycles. The topological polar surface area (TPSA) is 80.3 Å². The fourth-order valence-corrected chi connectivity index (χ4v) is 2.83. The van der Waals surface area contributed by atoms with Crippen LogP contribution < -0.4 is 18.9 Å². The number of esters is 1. The number of ketones is 1. The van der Waals surface area contributed by atoms with E-state index in [1.54, 1.807) is 56.5 Å². The summed E-state index contributed by atoms with van der Waals surface area (Å²) in [6.07, 6.45) is 0.817. The van der Waals surface area contributed by atoms with E-state index < -0.39 is 12.1 Å². The highest BCUT2D eigenvalue weighted by Crippen LogP contribution is 2.37. The van der Waals surface area contributed by atoms with Crippen molar-refractivity contribution >= 4 is 17.8 Å². The van der Waals surface area contributed by atoms with Crippen molar-refractivity contribution < 1.29 is 33.3 Å². The van der Waals surface area contributed by atoms with Crippen LogP contribution in [0.3, 0.4) is 0 Å². The Morgan fingerprint density at radius 3 is 2.57 bits per heavy atom. The van der Waals surface area contributed by atoms with Crippen LogP contribution in [0.4, 0.5) is 0 Å². The number of ether oxygens (including phenoxy) is 5. The van der Waals surface area contributed by atoms with Crippen molar-refractivity contribution in [3.8, 4) is 23.0 Å². The van der Waals surface area contributed by atoms with E-state index in [0.29, 0.717) is 34.1 Å². The lowest BCUT2D eigenvalue weighted by Gasteiger charge is -2.12. The van der Waals surface area contributed by atoms with Gasteiger partial charge in [0.1, 0.15) is 11.5 Å². The molecular formula is C21H20O7. The molecule has 7 heteroatoms. The SMILES string of the molecule is COC(=O)[C@@H](C)Oc1ccc2c(c1)OC(=Cc1cccc(OC)c1OC)C2=O. The number of hydrogen-bond acceptors (Lipinski definition) is 7. The minimum Gasteiger partial charge on any atom is -0.493 e. The fraction of sp³-hybridized carbons (Fsp3) is 0.238. The number of hydrogen-bond donors (Lipinski definition) is 0. The summed E-state index contributed by atoms with van der Waals surface area (Å²) in [5, 5.41) is 0. The zero-order chi connectivity index (χ0) is 20.3. The van der Waals surface area contributed by atoms with E-state index in [1.165, 1.54) is 14.2 Å². The predicted octanol–water partition coefficient (Wildman–Crippen LogP) is 3.26.